The van der Waals surface area contributed by atoms with E-state index in [1.54, 1.807) is 0 Å². The van der Waals surface area contributed by atoms with Crippen molar-refractivity contribution in [2.75, 3.05) is 0 Å². The monoisotopic (exact) mass is 260 g/mol. The lowest BCUT2D eigenvalue weighted by molar-refractivity contribution is 0.737. The van der Waals surface area contributed by atoms with Crippen LogP contribution in [0.5, 0.6) is 0 Å². The number of alkyl halides is 2. The smallest absolute Gasteiger partial charge is 0.0638 e. The minimum Gasteiger partial charge on any atom is -0.115 e. The van der Waals surface area contributed by atoms with Crippen LogP contribution in [0, 0.1) is 0 Å². The average Bonchev–Trinajstić information content (AvgIpc) is 2.18. The summed E-state index contributed by atoms with van der Waals surface area (Å²) in [4.78, 5) is -0.670. The molecule has 0 aliphatic heterocycles. The lowest BCUT2D eigenvalue weighted by Crippen LogP contribution is -2.12. The molecule has 0 saturated heterocycles. The molecule has 0 amide bonds. The fourth-order valence-electron chi connectivity index (χ4n) is 1.26. The van der Waals surface area contributed by atoms with Gasteiger partial charge in [-0.2, -0.15) is 0 Å². The summed E-state index contributed by atoms with van der Waals surface area (Å²) < 4.78 is 0. The Balaban J connectivity index is 0.00000106. The molecule has 0 aliphatic rings. The van der Waals surface area contributed by atoms with Crippen LogP contribution in [0.4, 0.5) is 0 Å². The molecule has 92 valence electrons. The van der Waals surface area contributed by atoms with Gasteiger partial charge in [0.15, 0.2) is 0 Å². The normalized spacial score (nSPS) is 11.8. The van der Waals surface area contributed by atoms with Crippen molar-refractivity contribution >= 4 is 23.2 Å². The highest BCUT2D eigenvalue weighted by Gasteiger charge is 2.21. The van der Waals surface area contributed by atoms with E-state index in [0.717, 1.165) is 11.1 Å². The first-order valence-electron chi connectivity index (χ1n) is 5.70. The van der Waals surface area contributed by atoms with Crippen molar-refractivity contribution in [3.63, 3.8) is 0 Å². The molecule has 0 N–H and O–H groups in total. The number of benzene rings is 1. The second kappa shape index (κ2) is 5.93. The molecule has 2 heteroatoms. The van der Waals surface area contributed by atoms with Gasteiger partial charge >= 0.3 is 0 Å². The highest BCUT2D eigenvalue weighted by Crippen LogP contribution is 2.33. The summed E-state index contributed by atoms with van der Waals surface area (Å²) in [5, 5.41) is 0. The predicted molar refractivity (Wildman–Crippen MR) is 75.5 cm³/mol. The van der Waals surface area contributed by atoms with Crippen LogP contribution in [-0.4, -0.2) is 0 Å². The molecule has 1 rings (SSSR count). The Labute approximate surface area is 110 Å². The van der Waals surface area contributed by atoms with Crippen LogP contribution in [0.1, 0.15) is 52.7 Å². The molecule has 0 fully saturated rings. The van der Waals surface area contributed by atoms with Crippen molar-refractivity contribution < 1.29 is 0 Å². The zero-order valence-electron chi connectivity index (χ0n) is 11.1. The minimum atomic E-state index is -0.335. The van der Waals surface area contributed by atoms with Crippen molar-refractivity contribution in [2.45, 2.75) is 51.3 Å². The second-order valence-corrected chi connectivity index (χ2v) is 6.42. The molecule has 0 spiro atoms. The summed E-state index contributed by atoms with van der Waals surface area (Å²) >= 11 is 12.5. The predicted octanol–water partition coefficient (Wildman–Crippen LogP) is 5.66. The van der Waals surface area contributed by atoms with Gasteiger partial charge < -0.3 is 0 Å². The van der Waals surface area contributed by atoms with Gasteiger partial charge in [-0.25, -0.2) is 0 Å². The maximum atomic E-state index is 6.24. The summed E-state index contributed by atoms with van der Waals surface area (Å²) in [5.74, 6) is 0. The van der Waals surface area contributed by atoms with E-state index in [2.05, 4.69) is 6.07 Å². The first-order chi connectivity index (χ1) is 7.21. The van der Waals surface area contributed by atoms with Gasteiger partial charge in [0.2, 0.25) is 0 Å². The van der Waals surface area contributed by atoms with Gasteiger partial charge in [0, 0.05) is 0 Å². The van der Waals surface area contributed by atoms with Crippen molar-refractivity contribution in [3.05, 3.63) is 35.4 Å². The summed E-state index contributed by atoms with van der Waals surface area (Å²) in [5.41, 5.74) is 2.20. The van der Waals surface area contributed by atoms with E-state index in [1.165, 1.54) is 0 Å². The largest absolute Gasteiger partial charge is 0.115 e. The van der Waals surface area contributed by atoms with E-state index < -0.39 is 0 Å². The number of rotatable bonds is 2. The Bertz CT molecular complexity index is 287. The zero-order valence-corrected chi connectivity index (χ0v) is 12.6. The molecule has 0 saturated carbocycles. The van der Waals surface area contributed by atoms with Crippen LogP contribution in [0.2, 0.25) is 0 Å². The molecule has 0 unspecified atom stereocenters. The first-order valence-corrected chi connectivity index (χ1v) is 6.46. The van der Waals surface area contributed by atoms with E-state index in [0.29, 0.717) is 0 Å². The maximum absolute atomic E-state index is 6.24. The molecule has 0 heterocycles. The van der Waals surface area contributed by atoms with Gasteiger partial charge in [0.1, 0.15) is 0 Å². The molecule has 1 aromatic rings. The fraction of sp³-hybridized carbons (Fsp3) is 0.571. The summed E-state index contributed by atoms with van der Waals surface area (Å²) in [6.45, 7) is 11.9. The molecule has 0 aromatic heterocycles. The fourth-order valence-corrected chi connectivity index (χ4v) is 1.49. The van der Waals surface area contributed by atoms with Crippen molar-refractivity contribution in [3.8, 4) is 0 Å². The van der Waals surface area contributed by atoms with Gasteiger partial charge in [-0.1, -0.05) is 38.1 Å². The second-order valence-electron chi connectivity index (χ2n) is 4.53. The standard InChI is InChI=1S/C12H16Cl2.C2H6/c1-11(2,13)9-6-5-7-10(8-9)12(3,4)14;1-2/h5-8H,1-4H3;1-2H3. The van der Waals surface area contributed by atoms with Crippen molar-refractivity contribution in [1.29, 1.82) is 0 Å². The van der Waals surface area contributed by atoms with Crippen LogP contribution < -0.4 is 0 Å². The molecule has 0 nitrogen and oxygen atoms in total. The van der Waals surface area contributed by atoms with E-state index >= 15 is 0 Å². The number of hydrogen-bond donors (Lipinski definition) is 0. The first kappa shape index (κ1) is 15.8. The third kappa shape index (κ3) is 4.76. The molecule has 16 heavy (non-hydrogen) atoms. The highest BCUT2D eigenvalue weighted by atomic mass is 35.5. The maximum Gasteiger partial charge on any atom is 0.0638 e. The lowest BCUT2D eigenvalue weighted by Gasteiger charge is -2.21. The van der Waals surface area contributed by atoms with Crippen LogP contribution in [-0.2, 0) is 9.75 Å². The number of halogens is 2. The molecule has 0 aliphatic carbocycles. The van der Waals surface area contributed by atoms with E-state index in [-0.39, 0.29) is 9.75 Å². The molecular formula is C14H22Cl2. The topological polar surface area (TPSA) is 0 Å². The quantitative estimate of drug-likeness (QED) is 0.602. The van der Waals surface area contributed by atoms with E-state index in [9.17, 15) is 0 Å². The third-order valence-corrected chi connectivity index (χ3v) is 2.67. The van der Waals surface area contributed by atoms with Gasteiger partial charge in [0.25, 0.3) is 0 Å². The highest BCUT2D eigenvalue weighted by molar-refractivity contribution is 6.24. The van der Waals surface area contributed by atoms with Crippen molar-refractivity contribution in [2.24, 2.45) is 0 Å². The van der Waals surface area contributed by atoms with Gasteiger partial charge in [-0.05, 0) is 38.8 Å². The van der Waals surface area contributed by atoms with Crippen LogP contribution >= 0.6 is 23.2 Å². The lowest BCUT2D eigenvalue weighted by atomic mass is 9.95. The average molecular weight is 261 g/mol. The Morgan fingerprint density at radius 2 is 1.12 bits per heavy atom. The molecule has 1 aromatic carbocycles. The Morgan fingerprint density at radius 1 is 0.812 bits per heavy atom. The van der Waals surface area contributed by atoms with Gasteiger partial charge in [-0.15, -0.1) is 23.2 Å². The molecule has 0 bridgehead atoms. The zero-order chi connectivity index (χ0) is 13.0. The number of hydrogen-bond acceptors (Lipinski definition) is 0. The Morgan fingerprint density at radius 3 is 1.38 bits per heavy atom. The Hall–Kier alpha value is -0.200. The molecular weight excluding hydrogens is 239 g/mol. The van der Waals surface area contributed by atoms with Gasteiger partial charge in [-0.3, -0.25) is 0 Å². The summed E-state index contributed by atoms with van der Waals surface area (Å²) in [6, 6.07) is 8.12. The summed E-state index contributed by atoms with van der Waals surface area (Å²) in [7, 11) is 0. The van der Waals surface area contributed by atoms with Crippen LogP contribution in [0.25, 0.3) is 0 Å². The van der Waals surface area contributed by atoms with Crippen molar-refractivity contribution in [1.82, 2.24) is 0 Å². The van der Waals surface area contributed by atoms with E-state index in [4.69, 9.17) is 23.2 Å². The van der Waals surface area contributed by atoms with E-state index in [1.807, 2.05) is 59.7 Å². The van der Waals surface area contributed by atoms with Crippen LogP contribution in [0.15, 0.2) is 24.3 Å². The van der Waals surface area contributed by atoms with Gasteiger partial charge in [0.05, 0.1) is 9.75 Å². The SMILES string of the molecule is CC.CC(C)(Cl)c1cccc(C(C)(C)Cl)c1. The van der Waals surface area contributed by atoms with Crippen LogP contribution in [0.3, 0.4) is 0 Å². The third-order valence-electron chi connectivity index (χ3n) is 2.24. The Kier molecular flexibility index (Phi) is 5.86. The molecule has 0 radical (unpaired) electrons. The summed E-state index contributed by atoms with van der Waals surface area (Å²) in [6.07, 6.45) is 0. The minimum absolute atomic E-state index is 0.335. The molecule has 0 atom stereocenters.